The summed E-state index contributed by atoms with van der Waals surface area (Å²) >= 11 is 0. The molecule has 0 saturated heterocycles. The van der Waals surface area contributed by atoms with Gasteiger partial charge in [0.25, 0.3) is 11.8 Å². The zero-order valence-electron chi connectivity index (χ0n) is 19.5. The van der Waals surface area contributed by atoms with Gasteiger partial charge in [0.15, 0.2) is 12.0 Å². The van der Waals surface area contributed by atoms with Crippen molar-refractivity contribution in [3.8, 4) is 5.75 Å². The number of hydrogen-bond donors (Lipinski definition) is 1. The second-order valence-corrected chi connectivity index (χ2v) is 8.65. The van der Waals surface area contributed by atoms with Crippen molar-refractivity contribution >= 4 is 28.6 Å². The standard InChI is InChI=1S/C27H23N3O5/c1-14-11-19-20(12-15(14)2)35-26-23(25(19)32)24(17-7-9-18(10-8-17)34-13-21(28)31)30(27(26)33)22-6-4-5-16(3)29-22/h4-12,24H,13H2,1-3H3,(H2,28,31)/t24-/m1/s1. The number of fused-ring (bicyclic) bond motifs is 2. The third-order valence-corrected chi connectivity index (χ3v) is 6.18. The Kier molecular flexibility index (Phi) is 5.36. The first-order valence-corrected chi connectivity index (χ1v) is 11.1. The van der Waals surface area contributed by atoms with E-state index >= 15 is 0 Å². The van der Waals surface area contributed by atoms with E-state index in [4.69, 9.17) is 14.9 Å². The molecule has 35 heavy (non-hydrogen) atoms. The number of aryl methyl sites for hydroxylation is 3. The summed E-state index contributed by atoms with van der Waals surface area (Å²) in [4.78, 5) is 44.5. The third kappa shape index (κ3) is 3.82. The molecule has 0 saturated carbocycles. The summed E-state index contributed by atoms with van der Waals surface area (Å²) in [5.74, 6) is -0.163. The van der Waals surface area contributed by atoms with Crippen LogP contribution in [0.3, 0.4) is 0 Å². The zero-order chi connectivity index (χ0) is 24.9. The molecule has 2 aromatic heterocycles. The van der Waals surface area contributed by atoms with Crippen LogP contribution < -0.4 is 20.8 Å². The Morgan fingerprint density at radius 2 is 1.77 bits per heavy atom. The maximum Gasteiger partial charge on any atom is 0.296 e. The molecule has 5 rings (SSSR count). The van der Waals surface area contributed by atoms with Crippen molar-refractivity contribution in [2.75, 3.05) is 11.5 Å². The van der Waals surface area contributed by atoms with Gasteiger partial charge in [-0.2, -0.15) is 0 Å². The van der Waals surface area contributed by atoms with Crippen molar-refractivity contribution in [1.82, 2.24) is 4.98 Å². The van der Waals surface area contributed by atoms with Gasteiger partial charge in [0.05, 0.1) is 17.0 Å². The molecule has 3 heterocycles. The SMILES string of the molecule is Cc1cccc(N2C(=O)c3oc4cc(C)c(C)cc4c(=O)c3[C@H]2c2ccc(OCC(N)=O)cc2)n1. The van der Waals surface area contributed by atoms with Gasteiger partial charge in [0.2, 0.25) is 5.76 Å². The van der Waals surface area contributed by atoms with E-state index in [1.807, 2.05) is 32.9 Å². The van der Waals surface area contributed by atoms with Crippen LogP contribution in [0.15, 0.2) is 63.8 Å². The molecule has 1 atom stereocenters. The molecule has 1 aliphatic rings. The van der Waals surface area contributed by atoms with Crippen LogP contribution in [0.1, 0.15) is 44.5 Å². The van der Waals surface area contributed by atoms with Gasteiger partial charge >= 0.3 is 0 Å². The number of pyridine rings is 1. The number of nitrogens with two attached hydrogens (primary N) is 1. The van der Waals surface area contributed by atoms with Gasteiger partial charge in [-0.1, -0.05) is 18.2 Å². The molecule has 0 unspecified atom stereocenters. The molecule has 176 valence electrons. The highest BCUT2D eigenvalue weighted by molar-refractivity contribution is 6.10. The van der Waals surface area contributed by atoms with E-state index in [0.717, 1.165) is 16.8 Å². The summed E-state index contributed by atoms with van der Waals surface area (Å²) in [5.41, 5.74) is 8.86. The average molecular weight is 469 g/mol. The second-order valence-electron chi connectivity index (χ2n) is 8.65. The van der Waals surface area contributed by atoms with Gasteiger partial charge in [-0.3, -0.25) is 19.3 Å². The minimum absolute atomic E-state index is 0.00751. The lowest BCUT2D eigenvalue weighted by Gasteiger charge is -2.24. The zero-order valence-corrected chi connectivity index (χ0v) is 19.5. The highest BCUT2D eigenvalue weighted by Crippen LogP contribution is 2.41. The quantitative estimate of drug-likeness (QED) is 0.476. The molecule has 0 radical (unpaired) electrons. The Morgan fingerprint density at radius 3 is 2.46 bits per heavy atom. The predicted octanol–water partition coefficient (Wildman–Crippen LogP) is 3.73. The number of aromatic nitrogens is 1. The lowest BCUT2D eigenvalue weighted by molar-refractivity contribution is -0.119. The van der Waals surface area contributed by atoms with E-state index < -0.39 is 17.9 Å². The molecule has 0 spiro atoms. The minimum atomic E-state index is -0.751. The fourth-order valence-electron chi connectivity index (χ4n) is 4.34. The molecule has 2 aromatic carbocycles. The van der Waals surface area contributed by atoms with Gasteiger partial charge in [-0.05, 0) is 73.9 Å². The number of anilines is 1. The van der Waals surface area contributed by atoms with Crippen molar-refractivity contribution in [1.29, 1.82) is 0 Å². The number of nitrogens with zero attached hydrogens (tertiary/aromatic N) is 2. The lowest BCUT2D eigenvalue weighted by Crippen LogP contribution is -2.30. The maximum absolute atomic E-state index is 13.8. The molecule has 2 N–H and O–H groups in total. The Labute approximate surface area is 200 Å². The molecule has 4 aromatic rings. The first-order valence-electron chi connectivity index (χ1n) is 11.1. The van der Waals surface area contributed by atoms with E-state index in [9.17, 15) is 14.4 Å². The molecule has 0 aliphatic carbocycles. The van der Waals surface area contributed by atoms with Crippen molar-refractivity contribution in [2.24, 2.45) is 5.73 Å². The highest BCUT2D eigenvalue weighted by Gasteiger charge is 2.44. The van der Waals surface area contributed by atoms with Crippen molar-refractivity contribution in [3.63, 3.8) is 0 Å². The van der Waals surface area contributed by atoms with E-state index in [1.54, 1.807) is 42.5 Å². The summed E-state index contributed by atoms with van der Waals surface area (Å²) in [7, 11) is 0. The average Bonchev–Trinajstić information content (AvgIpc) is 3.12. The number of carbonyl (C=O) groups is 2. The van der Waals surface area contributed by atoms with Crippen molar-refractivity contribution in [3.05, 3.63) is 98.5 Å². The second kappa shape index (κ2) is 8.39. The number of carbonyl (C=O) groups excluding carboxylic acids is 2. The van der Waals surface area contributed by atoms with Crippen LogP contribution in [-0.4, -0.2) is 23.4 Å². The molecule has 2 amide bonds. The van der Waals surface area contributed by atoms with Crippen molar-refractivity contribution in [2.45, 2.75) is 26.8 Å². The van der Waals surface area contributed by atoms with E-state index in [-0.39, 0.29) is 23.4 Å². The normalized spacial score (nSPS) is 14.9. The van der Waals surface area contributed by atoms with Crippen LogP contribution in [0.25, 0.3) is 11.0 Å². The lowest BCUT2D eigenvalue weighted by atomic mass is 9.97. The predicted molar refractivity (Wildman–Crippen MR) is 131 cm³/mol. The van der Waals surface area contributed by atoms with Crippen LogP contribution in [0.4, 0.5) is 5.82 Å². The number of rotatable bonds is 5. The molecule has 8 heteroatoms. The van der Waals surface area contributed by atoms with Gasteiger partial charge in [-0.15, -0.1) is 0 Å². The molecule has 0 bridgehead atoms. The monoisotopic (exact) mass is 469 g/mol. The molecular formula is C27H23N3O5. The number of amides is 2. The summed E-state index contributed by atoms with van der Waals surface area (Å²) < 4.78 is 11.4. The fourth-order valence-corrected chi connectivity index (χ4v) is 4.34. The van der Waals surface area contributed by atoms with Crippen LogP contribution >= 0.6 is 0 Å². The van der Waals surface area contributed by atoms with Crippen LogP contribution in [0, 0.1) is 20.8 Å². The Hall–Kier alpha value is -4.46. The molecule has 0 fully saturated rings. The van der Waals surface area contributed by atoms with E-state index in [2.05, 4.69) is 4.98 Å². The largest absolute Gasteiger partial charge is 0.484 e. The van der Waals surface area contributed by atoms with Crippen LogP contribution in [0.2, 0.25) is 0 Å². The summed E-state index contributed by atoms with van der Waals surface area (Å²) in [5, 5.41) is 0.421. The summed E-state index contributed by atoms with van der Waals surface area (Å²) in [6.45, 7) is 5.44. The third-order valence-electron chi connectivity index (χ3n) is 6.18. The fraction of sp³-hybridized carbons (Fsp3) is 0.185. The van der Waals surface area contributed by atoms with E-state index in [1.165, 1.54) is 4.90 Å². The van der Waals surface area contributed by atoms with Gasteiger partial charge in [0.1, 0.15) is 17.2 Å². The van der Waals surface area contributed by atoms with Gasteiger partial charge < -0.3 is 14.9 Å². The maximum atomic E-state index is 13.8. The molecule has 8 nitrogen and oxygen atoms in total. The minimum Gasteiger partial charge on any atom is -0.484 e. The van der Waals surface area contributed by atoms with Crippen molar-refractivity contribution < 1.29 is 18.7 Å². The van der Waals surface area contributed by atoms with E-state index in [0.29, 0.717) is 28.1 Å². The van der Waals surface area contributed by atoms with Gasteiger partial charge in [-0.25, -0.2) is 4.98 Å². The highest BCUT2D eigenvalue weighted by atomic mass is 16.5. The molecular weight excluding hydrogens is 446 g/mol. The number of ether oxygens (including phenoxy) is 1. The first-order chi connectivity index (χ1) is 16.7. The van der Waals surface area contributed by atoms with Crippen LogP contribution in [-0.2, 0) is 4.79 Å². The Bertz CT molecular complexity index is 1560. The Morgan fingerprint density at radius 1 is 1.06 bits per heavy atom. The molecule has 1 aliphatic heterocycles. The summed E-state index contributed by atoms with van der Waals surface area (Å²) in [6.07, 6.45) is 0. The first kappa shape index (κ1) is 22.3. The number of hydrogen-bond acceptors (Lipinski definition) is 6. The number of benzene rings is 2. The smallest absolute Gasteiger partial charge is 0.296 e. The topological polar surface area (TPSA) is 116 Å². The summed E-state index contributed by atoms with van der Waals surface area (Å²) in [6, 6.07) is 15.0. The van der Waals surface area contributed by atoms with Gasteiger partial charge in [0, 0.05) is 5.69 Å². The Balaban J connectivity index is 1.71. The number of primary amides is 1. The van der Waals surface area contributed by atoms with Crippen LogP contribution in [0.5, 0.6) is 5.75 Å².